The van der Waals surface area contributed by atoms with Gasteiger partial charge in [-0.1, -0.05) is 24.3 Å². The predicted octanol–water partition coefficient (Wildman–Crippen LogP) is 4.66. The first kappa shape index (κ1) is 13.0. The van der Waals surface area contributed by atoms with Crippen molar-refractivity contribution in [3.8, 4) is 27.5 Å². The van der Waals surface area contributed by atoms with E-state index in [4.69, 9.17) is 5.10 Å². The number of benzene rings is 1. The summed E-state index contributed by atoms with van der Waals surface area (Å²) in [7, 11) is 0. The van der Waals surface area contributed by atoms with Gasteiger partial charge in [0.25, 0.3) is 0 Å². The summed E-state index contributed by atoms with van der Waals surface area (Å²) in [5.74, 6) is 0. The van der Waals surface area contributed by atoms with Crippen LogP contribution in [0, 0.1) is 0 Å². The van der Waals surface area contributed by atoms with Crippen LogP contribution in [-0.2, 0) is 0 Å². The Morgan fingerprint density at radius 2 is 1.82 bits per heavy atom. The van der Waals surface area contributed by atoms with Gasteiger partial charge in [-0.2, -0.15) is 5.10 Å². The standard InChI is InChI=1S/C18H13N3S/c1-2-7-15(8-3-1)21-17(18-9-5-11-22-18)12-16(20-21)14-6-4-10-19-13-14/h1-13H. The molecule has 0 aliphatic rings. The van der Waals surface area contributed by atoms with E-state index in [1.54, 1.807) is 17.5 Å². The fraction of sp³-hybridized carbons (Fsp3) is 0. The lowest BCUT2D eigenvalue weighted by Gasteiger charge is -2.05. The Morgan fingerprint density at radius 3 is 2.55 bits per heavy atom. The third-order valence-electron chi connectivity index (χ3n) is 3.44. The van der Waals surface area contributed by atoms with Crippen LogP contribution < -0.4 is 0 Å². The SMILES string of the molecule is c1ccc(-n2nc(-c3cccnc3)cc2-c2cccs2)cc1. The van der Waals surface area contributed by atoms with Crippen molar-refractivity contribution in [2.24, 2.45) is 0 Å². The van der Waals surface area contributed by atoms with Crippen molar-refractivity contribution in [3.63, 3.8) is 0 Å². The lowest BCUT2D eigenvalue weighted by atomic mass is 10.2. The van der Waals surface area contributed by atoms with Gasteiger partial charge in [0, 0.05) is 18.0 Å². The van der Waals surface area contributed by atoms with Gasteiger partial charge in [-0.15, -0.1) is 11.3 Å². The first-order chi connectivity index (χ1) is 10.9. The topological polar surface area (TPSA) is 30.7 Å². The second-order valence-corrected chi connectivity index (χ2v) is 5.83. The van der Waals surface area contributed by atoms with Crippen molar-refractivity contribution in [1.29, 1.82) is 0 Å². The maximum Gasteiger partial charge on any atom is 0.0949 e. The number of rotatable bonds is 3. The molecule has 1 aromatic carbocycles. The zero-order valence-electron chi connectivity index (χ0n) is 11.8. The third kappa shape index (κ3) is 2.34. The number of hydrogen-bond donors (Lipinski definition) is 0. The van der Waals surface area contributed by atoms with Gasteiger partial charge in [-0.3, -0.25) is 4.98 Å². The van der Waals surface area contributed by atoms with E-state index < -0.39 is 0 Å². The summed E-state index contributed by atoms with van der Waals surface area (Å²) in [6.45, 7) is 0. The fourth-order valence-corrected chi connectivity index (χ4v) is 3.13. The van der Waals surface area contributed by atoms with Crippen LogP contribution in [0.1, 0.15) is 0 Å². The van der Waals surface area contributed by atoms with Crippen LogP contribution >= 0.6 is 11.3 Å². The van der Waals surface area contributed by atoms with E-state index in [-0.39, 0.29) is 0 Å². The van der Waals surface area contributed by atoms with Crippen molar-refractivity contribution in [2.75, 3.05) is 0 Å². The maximum atomic E-state index is 4.79. The number of pyridine rings is 1. The highest BCUT2D eigenvalue weighted by molar-refractivity contribution is 7.13. The van der Waals surface area contributed by atoms with E-state index in [1.807, 2.05) is 41.2 Å². The molecule has 4 aromatic rings. The van der Waals surface area contributed by atoms with E-state index in [0.717, 1.165) is 22.6 Å². The molecule has 0 saturated heterocycles. The molecule has 3 aromatic heterocycles. The van der Waals surface area contributed by atoms with Crippen LogP contribution in [0.25, 0.3) is 27.5 Å². The monoisotopic (exact) mass is 303 g/mol. The molecule has 0 aliphatic carbocycles. The highest BCUT2D eigenvalue weighted by atomic mass is 32.1. The number of para-hydroxylation sites is 1. The Hall–Kier alpha value is -2.72. The number of nitrogens with zero attached hydrogens (tertiary/aromatic N) is 3. The van der Waals surface area contributed by atoms with Crippen LogP contribution in [0.5, 0.6) is 0 Å². The van der Waals surface area contributed by atoms with Crippen LogP contribution in [0.2, 0.25) is 0 Å². The molecular weight excluding hydrogens is 290 g/mol. The molecule has 22 heavy (non-hydrogen) atoms. The summed E-state index contributed by atoms with van der Waals surface area (Å²) < 4.78 is 1.99. The minimum absolute atomic E-state index is 0.931. The van der Waals surface area contributed by atoms with Crippen molar-refractivity contribution in [2.45, 2.75) is 0 Å². The Kier molecular flexibility index (Phi) is 3.29. The quantitative estimate of drug-likeness (QED) is 0.551. The molecule has 0 fully saturated rings. The molecule has 0 aliphatic heterocycles. The van der Waals surface area contributed by atoms with Gasteiger partial charge in [0.15, 0.2) is 0 Å². The minimum Gasteiger partial charge on any atom is -0.264 e. The molecule has 0 unspecified atom stereocenters. The van der Waals surface area contributed by atoms with Crippen molar-refractivity contribution >= 4 is 11.3 Å². The van der Waals surface area contributed by atoms with Crippen molar-refractivity contribution in [3.05, 3.63) is 78.4 Å². The van der Waals surface area contributed by atoms with Gasteiger partial charge < -0.3 is 0 Å². The Bertz CT molecular complexity index is 865. The van der Waals surface area contributed by atoms with Gasteiger partial charge in [-0.05, 0) is 41.8 Å². The van der Waals surface area contributed by atoms with Gasteiger partial charge in [0.05, 0.1) is 22.0 Å². The minimum atomic E-state index is 0.931. The summed E-state index contributed by atoms with van der Waals surface area (Å²) in [6.07, 6.45) is 3.62. The largest absolute Gasteiger partial charge is 0.264 e. The fourth-order valence-electron chi connectivity index (χ4n) is 2.40. The van der Waals surface area contributed by atoms with E-state index in [1.165, 1.54) is 4.88 Å². The molecule has 0 bridgehead atoms. The predicted molar refractivity (Wildman–Crippen MR) is 90.1 cm³/mol. The smallest absolute Gasteiger partial charge is 0.0949 e. The van der Waals surface area contributed by atoms with E-state index in [2.05, 4.69) is 40.7 Å². The van der Waals surface area contributed by atoms with Crippen LogP contribution in [0.4, 0.5) is 0 Å². The summed E-state index contributed by atoms with van der Waals surface area (Å²) >= 11 is 1.72. The van der Waals surface area contributed by atoms with Crippen LogP contribution in [-0.4, -0.2) is 14.8 Å². The first-order valence-electron chi connectivity index (χ1n) is 7.01. The number of thiophene rings is 1. The number of hydrogen-bond acceptors (Lipinski definition) is 3. The van der Waals surface area contributed by atoms with E-state index in [0.29, 0.717) is 0 Å². The third-order valence-corrected chi connectivity index (χ3v) is 4.33. The van der Waals surface area contributed by atoms with Crippen molar-refractivity contribution < 1.29 is 0 Å². The zero-order valence-corrected chi connectivity index (χ0v) is 12.6. The second-order valence-electron chi connectivity index (χ2n) is 4.88. The second kappa shape index (κ2) is 5.58. The summed E-state index contributed by atoms with van der Waals surface area (Å²) in [6, 6.07) is 20.5. The summed E-state index contributed by atoms with van der Waals surface area (Å²) in [5.41, 5.74) is 4.11. The average molecular weight is 303 g/mol. The van der Waals surface area contributed by atoms with Crippen LogP contribution in [0.3, 0.4) is 0 Å². The van der Waals surface area contributed by atoms with Gasteiger partial charge in [-0.25, -0.2) is 4.68 Å². The summed E-state index contributed by atoms with van der Waals surface area (Å²) in [5, 5.41) is 6.87. The van der Waals surface area contributed by atoms with E-state index in [9.17, 15) is 0 Å². The first-order valence-corrected chi connectivity index (χ1v) is 7.89. The van der Waals surface area contributed by atoms with Crippen LogP contribution in [0.15, 0.2) is 78.4 Å². The number of aromatic nitrogens is 3. The lowest BCUT2D eigenvalue weighted by Crippen LogP contribution is -1.98. The molecule has 3 heterocycles. The molecule has 4 heteroatoms. The summed E-state index contributed by atoms with van der Waals surface area (Å²) in [4.78, 5) is 5.39. The maximum absolute atomic E-state index is 4.79. The normalized spacial score (nSPS) is 10.7. The highest BCUT2D eigenvalue weighted by Crippen LogP contribution is 2.31. The highest BCUT2D eigenvalue weighted by Gasteiger charge is 2.13. The lowest BCUT2D eigenvalue weighted by molar-refractivity contribution is 0.893. The molecule has 0 spiro atoms. The molecular formula is C18H13N3S. The van der Waals surface area contributed by atoms with Crippen molar-refractivity contribution in [1.82, 2.24) is 14.8 Å². The molecule has 0 N–H and O–H groups in total. The Morgan fingerprint density at radius 1 is 0.909 bits per heavy atom. The van der Waals surface area contributed by atoms with Gasteiger partial charge in [0.2, 0.25) is 0 Å². The molecule has 3 nitrogen and oxygen atoms in total. The zero-order chi connectivity index (χ0) is 14.8. The van der Waals surface area contributed by atoms with E-state index >= 15 is 0 Å². The average Bonchev–Trinajstić information content (AvgIpc) is 3.26. The molecule has 0 saturated carbocycles. The molecule has 4 rings (SSSR count). The molecule has 0 atom stereocenters. The molecule has 0 radical (unpaired) electrons. The Balaban J connectivity index is 1.91. The Labute approximate surface area is 132 Å². The molecule has 0 amide bonds. The molecule has 106 valence electrons. The van der Waals surface area contributed by atoms with Gasteiger partial charge >= 0.3 is 0 Å². The van der Waals surface area contributed by atoms with Gasteiger partial charge in [0.1, 0.15) is 0 Å².